The third kappa shape index (κ3) is 4.61. The van der Waals surface area contributed by atoms with Crippen LogP contribution in [0.15, 0.2) is 48.5 Å². The molecule has 1 amide bonds. The number of halogens is 1. The number of amides is 1. The van der Waals surface area contributed by atoms with E-state index in [4.69, 9.17) is 11.6 Å². The predicted molar refractivity (Wildman–Crippen MR) is 85.0 cm³/mol. The maximum Gasteiger partial charge on any atom is 0.243 e. The zero-order valence-corrected chi connectivity index (χ0v) is 12.3. The molecule has 0 saturated heterocycles. The van der Waals surface area contributed by atoms with Crippen LogP contribution in [0.25, 0.3) is 0 Å². The molecule has 21 heavy (non-hydrogen) atoms. The first-order valence-electron chi connectivity index (χ1n) is 6.45. The Labute approximate surface area is 128 Å². The second-order valence-corrected chi connectivity index (χ2v) is 4.98. The number of Topliss-reactive ketones (excluding diaryl/α,β-unsaturated/α-hetero) is 1. The molecule has 2 N–H and O–H groups in total. The summed E-state index contributed by atoms with van der Waals surface area (Å²) in [5, 5.41) is 6.34. The molecule has 4 nitrogen and oxygen atoms in total. The van der Waals surface area contributed by atoms with Crippen molar-refractivity contribution in [2.45, 2.75) is 6.92 Å². The number of hydrogen-bond donors (Lipinski definition) is 2. The van der Waals surface area contributed by atoms with Crippen LogP contribution in [0.4, 0.5) is 11.4 Å². The lowest BCUT2D eigenvalue weighted by molar-refractivity contribution is -0.114. The van der Waals surface area contributed by atoms with Gasteiger partial charge in [-0.15, -0.1) is 0 Å². The molecule has 0 unspecified atom stereocenters. The van der Waals surface area contributed by atoms with E-state index < -0.39 is 0 Å². The highest BCUT2D eigenvalue weighted by atomic mass is 35.5. The van der Waals surface area contributed by atoms with Crippen molar-refractivity contribution >= 4 is 34.7 Å². The van der Waals surface area contributed by atoms with Gasteiger partial charge in [0, 0.05) is 22.0 Å². The molecule has 0 fully saturated rings. The fourth-order valence-corrected chi connectivity index (χ4v) is 1.96. The monoisotopic (exact) mass is 302 g/mol. The molecule has 0 radical (unpaired) electrons. The quantitative estimate of drug-likeness (QED) is 0.830. The van der Waals surface area contributed by atoms with Crippen LogP contribution >= 0.6 is 11.6 Å². The molecule has 2 aromatic rings. The first-order chi connectivity index (χ1) is 10.0. The first kappa shape index (κ1) is 15.1. The van der Waals surface area contributed by atoms with Gasteiger partial charge < -0.3 is 10.6 Å². The lowest BCUT2D eigenvalue weighted by atomic mass is 10.1. The summed E-state index contributed by atoms with van der Waals surface area (Å²) in [6.45, 7) is 1.64. The van der Waals surface area contributed by atoms with E-state index >= 15 is 0 Å². The van der Waals surface area contributed by atoms with Crippen LogP contribution in [0.1, 0.15) is 17.3 Å². The van der Waals surface area contributed by atoms with Gasteiger partial charge in [0.2, 0.25) is 5.91 Å². The molecule has 0 atom stereocenters. The number of rotatable bonds is 5. The standard InChI is InChI=1S/C16H15ClN2O2/c1-11(20)12-5-7-14(8-6-12)19-16(21)10-18-15-4-2-3-13(17)9-15/h2-9,18H,10H2,1H3,(H,19,21). The van der Waals surface area contributed by atoms with Crippen LogP contribution in [-0.2, 0) is 4.79 Å². The Balaban J connectivity index is 1.88. The molecule has 0 bridgehead atoms. The highest BCUT2D eigenvalue weighted by molar-refractivity contribution is 6.30. The molecule has 108 valence electrons. The third-order valence-corrected chi connectivity index (χ3v) is 3.09. The zero-order chi connectivity index (χ0) is 15.2. The number of benzene rings is 2. The van der Waals surface area contributed by atoms with Crippen LogP contribution in [0.2, 0.25) is 5.02 Å². The molecule has 0 aliphatic carbocycles. The van der Waals surface area contributed by atoms with Crippen LogP contribution in [0, 0.1) is 0 Å². The summed E-state index contributed by atoms with van der Waals surface area (Å²) in [5.41, 5.74) is 2.05. The number of nitrogens with one attached hydrogen (secondary N) is 2. The lowest BCUT2D eigenvalue weighted by Gasteiger charge is -2.08. The molecule has 2 aromatic carbocycles. The maximum atomic E-state index is 11.8. The van der Waals surface area contributed by atoms with Gasteiger partial charge in [0.1, 0.15) is 0 Å². The molecule has 5 heteroatoms. The van der Waals surface area contributed by atoms with Gasteiger partial charge in [0.05, 0.1) is 6.54 Å². The highest BCUT2D eigenvalue weighted by Gasteiger charge is 2.04. The van der Waals surface area contributed by atoms with Crippen molar-refractivity contribution in [2.75, 3.05) is 17.2 Å². The van der Waals surface area contributed by atoms with Crippen LogP contribution in [-0.4, -0.2) is 18.2 Å². The first-order valence-corrected chi connectivity index (χ1v) is 6.83. The van der Waals surface area contributed by atoms with Gasteiger partial charge in [0.25, 0.3) is 0 Å². The van der Waals surface area contributed by atoms with E-state index in [1.54, 1.807) is 36.4 Å². The minimum Gasteiger partial charge on any atom is -0.376 e. The van der Waals surface area contributed by atoms with Gasteiger partial charge in [-0.25, -0.2) is 0 Å². The van der Waals surface area contributed by atoms with Crippen molar-refractivity contribution in [3.8, 4) is 0 Å². The SMILES string of the molecule is CC(=O)c1ccc(NC(=O)CNc2cccc(Cl)c2)cc1. The fourth-order valence-electron chi connectivity index (χ4n) is 1.77. The van der Waals surface area contributed by atoms with Gasteiger partial charge in [0.15, 0.2) is 5.78 Å². The Hall–Kier alpha value is -2.33. The number of hydrogen-bond acceptors (Lipinski definition) is 3. The Kier molecular flexibility index (Phi) is 4.95. The van der Waals surface area contributed by atoms with Crippen molar-refractivity contribution < 1.29 is 9.59 Å². The van der Waals surface area contributed by atoms with Crippen molar-refractivity contribution in [2.24, 2.45) is 0 Å². The Morgan fingerprint density at radius 1 is 1.05 bits per heavy atom. The van der Waals surface area contributed by atoms with Crippen molar-refractivity contribution in [3.63, 3.8) is 0 Å². The second-order valence-electron chi connectivity index (χ2n) is 4.55. The lowest BCUT2D eigenvalue weighted by Crippen LogP contribution is -2.21. The summed E-state index contributed by atoms with van der Waals surface area (Å²) >= 11 is 5.86. The van der Waals surface area contributed by atoms with Crippen molar-refractivity contribution in [1.82, 2.24) is 0 Å². The van der Waals surface area contributed by atoms with E-state index in [1.165, 1.54) is 6.92 Å². The van der Waals surface area contributed by atoms with Gasteiger partial charge in [-0.3, -0.25) is 9.59 Å². The number of carbonyl (C=O) groups excluding carboxylic acids is 2. The molecule has 0 aliphatic heterocycles. The summed E-state index contributed by atoms with van der Waals surface area (Å²) < 4.78 is 0. The number of carbonyl (C=O) groups is 2. The van der Waals surface area contributed by atoms with E-state index in [9.17, 15) is 9.59 Å². The Morgan fingerprint density at radius 2 is 1.76 bits per heavy atom. The van der Waals surface area contributed by atoms with E-state index in [0.29, 0.717) is 16.3 Å². The second kappa shape index (κ2) is 6.90. The normalized spacial score (nSPS) is 10.0. The van der Waals surface area contributed by atoms with Crippen molar-refractivity contribution in [3.05, 3.63) is 59.1 Å². The average Bonchev–Trinajstić information content (AvgIpc) is 2.46. The minimum absolute atomic E-state index is 0.00417. The summed E-state index contributed by atoms with van der Waals surface area (Å²) in [6, 6.07) is 13.9. The Morgan fingerprint density at radius 3 is 2.38 bits per heavy atom. The van der Waals surface area contributed by atoms with E-state index in [0.717, 1.165) is 5.69 Å². The smallest absolute Gasteiger partial charge is 0.243 e. The van der Waals surface area contributed by atoms with E-state index in [2.05, 4.69) is 10.6 Å². The maximum absolute atomic E-state index is 11.8. The summed E-state index contributed by atoms with van der Waals surface area (Å²) in [7, 11) is 0. The molecule has 0 heterocycles. The molecule has 0 saturated carbocycles. The molecular weight excluding hydrogens is 288 g/mol. The van der Waals surface area contributed by atoms with Crippen molar-refractivity contribution in [1.29, 1.82) is 0 Å². The van der Waals surface area contributed by atoms with E-state index in [-0.39, 0.29) is 18.2 Å². The third-order valence-electron chi connectivity index (χ3n) is 2.85. The van der Waals surface area contributed by atoms with Gasteiger partial charge in [-0.2, -0.15) is 0 Å². The fraction of sp³-hybridized carbons (Fsp3) is 0.125. The summed E-state index contributed by atoms with van der Waals surface area (Å²) in [5.74, 6) is -0.180. The molecule has 0 aromatic heterocycles. The zero-order valence-electron chi connectivity index (χ0n) is 11.5. The predicted octanol–water partition coefficient (Wildman–Crippen LogP) is 3.59. The highest BCUT2D eigenvalue weighted by Crippen LogP contribution is 2.15. The molecule has 0 spiro atoms. The largest absolute Gasteiger partial charge is 0.376 e. The van der Waals surface area contributed by atoms with Crippen LogP contribution < -0.4 is 10.6 Å². The number of ketones is 1. The average molecular weight is 303 g/mol. The van der Waals surface area contributed by atoms with Gasteiger partial charge >= 0.3 is 0 Å². The molecule has 0 aliphatic rings. The topological polar surface area (TPSA) is 58.2 Å². The Bertz CT molecular complexity index is 654. The number of anilines is 2. The summed E-state index contributed by atoms with van der Waals surface area (Å²) in [4.78, 5) is 23.0. The van der Waals surface area contributed by atoms with Crippen LogP contribution in [0.3, 0.4) is 0 Å². The minimum atomic E-state index is -0.175. The van der Waals surface area contributed by atoms with Crippen LogP contribution in [0.5, 0.6) is 0 Å². The van der Waals surface area contributed by atoms with Gasteiger partial charge in [-0.05, 0) is 49.4 Å². The molecular formula is C16H15ClN2O2. The summed E-state index contributed by atoms with van der Waals surface area (Å²) in [6.07, 6.45) is 0. The van der Waals surface area contributed by atoms with Gasteiger partial charge in [-0.1, -0.05) is 17.7 Å². The van der Waals surface area contributed by atoms with E-state index in [1.807, 2.05) is 12.1 Å². The molecule has 2 rings (SSSR count).